The van der Waals surface area contributed by atoms with Gasteiger partial charge in [-0.25, -0.2) is 4.98 Å². The van der Waals surface area contributed by atoms with Crippen molar-refractivity contribution in [2.75, 3.05) is 11.1 Å². The van der Waals surface area contributed by atoms with Crippen LogP contribution in [0.5, 0.6) is 0 Å². The van der Waals surface area contributed by atoms with Crippen LogP contribution in [-0.2, 0) is 0 Å². The maximum Gasteiger partial charge on any atom is 0.153 e. The molecule has 1 aromatic heterocycles. The van der Waals surface area contributed by atoms with Crippen LogP contribution < -0.4 is 11.1 Å². The van der Waals surface area contributed by atoms with E-state index in [-0.39, 0.29) is 0 Å². The molecule has 2 rings (SSSR count). The highest BCUT2D eigenvalue weighted by molar-refractivity contribution is 6.33. The van der Waals surface area contributed by atoms with Gasteiger partial charge in [0.15, 0.2) is 5.82 Å². The Morgan fingerprint density at radius 2 is 1.93 bits per heavy atom. The number of hydrogen-bond acceptors (Lipinski definition) is 3. The van der Waals surface area contributed by atoms with E-state index in [2.05, 4.69) is 10.3 Å². The predicted molar refractivity (Wildman–Crippen MR) is 63.4 cm³/mol. The minimum absolute atomic E-state index is 0.595. The van der Waals surface area contributed by atoms with Gasteiger partial charge in [-0.1, -0.05) is 23.7 Å². The quantitative estimate of drug-likeness (QED) is 0.816. The molecule has 0 aliphatic heterocycles. The second-order valence-electron chi connectivity index (χ2n) is 3.05. The third kappa shape index (κ3) is 2.19. The zero-order chi connectivity index (χ0) is 10.7. The van der Waals surface area contributed by atoms with Gasteiger partial charge in [0.25, 0.3) is 0 Å². The van der Waals surface area contributed by atoms with Crippen LogP contribution in [0.15, 0.2) is 42.6 Å². The lowest BCUT2D eigenvalue weighted by Gasteiger charge is -2.08. The first-order valence-electron chi connectivity index (χ1n) is 4.49. The van der Waals surface area contributed by atoms with E-state index >= 15 is 0 Å². The monoisotopic (exact) mass is 219 g/mol. The molecule has 3 nitrogen and oxygen atoms in total. The number of pyridine rings is 1. The van der Waals surface area contributed by atoms with Gasteiger partial charge in [-0.3, -0.25) is 0 Å². The van der Waals surface area contributed by atoms with Gasteiger partial charge in [0, 0.05) is 6.20 Å². The topological polar surface area (TPSA) is 50.9 Å². The molecule has 0 saturated heterocycles. The maximum atomic E-state index is 6.00. The lowest BCUT2D eigenvalue weighted by Crippen LogP contribution is -1.98. The highest BCUT2D eigenvalue weighted by Gasteiger charge is 2.02. The van der Waals surface area contributed by atoms with Crippen LogP contribution in [0.25, 0.3) is 0 Å². The minimum atomic E-state index is 0.595. The summed E-state index contributed by atoms with van der Waals surface area (Å²) in [4.78, 5) is 4.12. The van der Waals surface area contributed by atoms with Crippen LogP contribution in [0.3, 0.4) is 0 Å². The van der Waals surface area contributed by atoms with Crippen molar-refractivity contribution in [3.8, 4) is 0 Å². The summed E-state index contributed by atoms with van der Waals surface area (Å²) in [7, 11) is 0. The molecule has 0 amide bonds. The molecule has 0 unspecified atom stereocenters. The SMILES string of the molecule is Nc1cccnc1Nc1ccccc1Cl. The van der Waals surface area contributed by atoms with E-state index in [4.69, 9.17) is 17.3 Å². The molecule has 0 bridgehead atoms. The van der Waals surface area contributed by atoms with Crippen molar-refractivity contribution in [3.63, 3.8) is 0 Å². The predicted octanol–water partition coefficient (Wildman–Crippen LogP) is 3.06. The van der Waals surface area contributed by atoms with Gasteiger partial charge in [0.1, 0.15) is 0 Å². The van der Waals surface area contributed by atoms with Crippen molar-refractivity contribution in [2.45, 2.75) is 0 Å². The smallest absolute Gasteiger partial charge is 0.153 e. The molecule has 4 heteroatoms. The van der Waals surface area contributed by atoms with Gasteiger partial charge in [-0.05, 0) is 24.3 Å². The molecule has 2 aromatic rings. The van der Waals surface area contributed by atoms with Crippen molar-refractivity contribution < 1.29 is 0 Å². The summed E-state index contributed by atoms with van der Waals surface area (Å²) >= 11 is 6.00. The molecule has 0 atom stereocenters. The zero-order valence-corrected chi connectivity index (χ0v) is 8.70. The Kier molecular flexibility index (Phi) is 2.74. The number of aromatic nitrogens is 1. The fraction of sp³-hybridized carbons (Fsp3) is 0. The molecule has 3 N–H and O–H groups in total. The van der Waals surface area contributed by atoms with Gasteiger partial charge in [-0.15, -0.1) is 0 Å². The maximum absolute atomic E-state index is 6.00. The molecule has 15 heavy (non-hydrogen) atoms. The van der Waals surface area contributed by atoms with E-state index in [0.717, 1.165) is 5.69 Å². The van der Waals surface area contributed by atoms with E-state index in [1.165, 1.54) is 0 Å². The number of rotatable bonds is 2. The first-order valence-corrected chi connectivity index (χ1v) is 4.87. The average Bonchev–Trinajstić information content (AvgIpc) is 2.24. The number of nitrogens with one attached hydrogen (secondary N) is 1. The zero-order valence-electron chi connectivity index (χ0n) is 7.94. The van der Waals surface area contributed by atoms with Crippen LogP contribution in [0.1, 0.15) is 0 Å². The standard InChI is InChI=1S/C11H10ClN3/c12-8-4-1-2-6-10(8)15-11-9(13)5-3-7-14-11/h1-7H,13H2,(H,14,15). The molecule has 0 aliphatic rings. The summed E-state index contributed by atoms with van der Waals surface area (Å²) in [5.74, 6) is 0.616. The average molecular weight is 220 g/mol. The summed E-state index contributed by atoms with van der Waals surface area (Å²) < 4.78 is 0. The van der Waals surface area contributed by atoms with Crippen molar-refractivity contribution in [3.05, 3.63) is 47.6 Å². The molecule has 0 radical (unpaired) electrons. The molecular formula is C11H10ClN3. The summed E-state index contributed by atoms with van der Waals surface area (Å²) in [5.41, 5.74) is 7.14. The Bertz CT molecular complexity index is 427. The van der Waals surface area contributed by atoms with Gasteiger partial charge in [0.2, 0.25) is 0 Å². The fourth-order valence-electron chi connectivity index (χ4n) is 1.21. The van der Waals surface area contributed by atoms with Crippen LogP contribution in [-0.4, -0.2) is 4.98 Å². The number of nitrogen functional groups attached to an aromatic ring is 1. The highest BCUT2D eigenvalue weighted by Crippen LogP contribution is 2.25. The van der Waals surface area contributed by atoms with Gasteiger partial charge >= 0.3 is 0 Å². The van der Waals surface area contributed by atoms with E-state index < -0.39 is 0 Å². The highest BCUT2D eigenvalue weighted by atomic mass is 35.5. The van der Waals surface area contributed by atoms with Crippen LogP contribution in [0, 0.1) is 0 Å². The molecule has 0 fully saturated rings. The van der Waals surface area contributed by atoms with E-state index in [9.17, 15) is 0 Å². The first-order chi connectivity index (χ1) is 7.27. The summed E-state index contributed by atoms with van der Waals surface area (Å²) in [6.45, 7) is 0. The summed E-state index contributed by atoms with van der Waals surface area (Å²) in [6.07, 6.45) is 1.68. The number of anilines is 3. The van der Waals surface area contributed by atoms with Gasteiger partial charge < -0.3 is 11.1 Å². The molecule has 0 spiro atoms. The van der Waals surface area contributed by atoms with Crippen LogP contribution in [0.4, 0.5) is 17.2 Å². The van der Waals surface area contributed by atoms with Gasteiger partial charge in [-0.2, -0.15) is 0 Å². The summed E-state index contributed by atoms with van der Waals surface area (Å²) in [6, 6.07) is 11.0. The van der Waals surface area contributed by atoms with Crippen molar-refractivity contribution in [2.24, 2.45) is 0 Å². The molecule has 76 valence electrons. The third-order valence-corrected chi connectivity index (χ3v) is 2.30. The number of nitrogens with two attached hydrogens (primary N) is 1. The first kappa shape index (κ1) is 9.80. The lowest BCUT2D eigenvalue weighted by atomic mass is 10.3. The fourth-order valence-corrected chi connectivity index (χ4v) is 1.40. The van der Waals surface area contributed by atoms with E-state index in [1.807, 2.05) is 24.3 Å². The number of hydrogen-bond donors (Lipinski definition) is 2. The normalized spacial score (nSPS) is 9.93. The number of para-hydroxylation sites is 1. The van der Waals surface area contributed by atoms with Crippen LogP contribution in [0.2, 0.25) is 5.02 Å². The molecular weight excluding hydrogens is 210 g/mol. The lowest BCUT2D eigenvalue weighted by molar-refractivity contribution is 1.31. The molecule has 1 aromatic carbocycles. The van der Waals surface area contributed by atoms with E-state index in [1.54, 1.807) is 18.3 Å². The van der Waals surface area contributed by atoms with Gasteiger partial charge in [0.05, 0.1) is 16.4 Å². The van der Waals surface area contributed by atoms with Crippen molar-refractivity contribution in [1.82, 2.24) is 4.98 Å². The number of benzene rings is 1. The van der Waals surface area contributed by atoms with E-state index in [0.29, 0.717) is 16.5 Å². The summed E-state index contributed by atoms with van der Waals surface area (Å²) in [5, 5.41) is 3.71. The Morgan fingerprint density at radius 1 is 1.13 bits per heavy atom. The minimum Gasteiger partial charge on any atom is -0.396 e. The molecule has 0 saturated carbocycles. The molecule has 1 heterocycles. The molecule has 0 aliphatic carbocycles. The number of halogens is 1. The Balaban J connectivity index is 2.30. The number of nitrogens with zero attached hydrogens (tertiary/aromatic N) is 1. The van der Waals surface area contributed by atoms with Crippen LogP contribution >= 0.6 is 11.6 Å². The van der Waals surface area contributed by atoms with Crippen molar-refractivity contribution in [1.29, 1.82) is 0 Å². The Labute approximate surface area is 92.9 Å². The Morgan fingerprint density at radius 3 is 2.67 bits per heavy atom. The Hall–Kier alpha value is -1.74. The second kappa shape index (κ2) is 4.19. The largest absolute Gasteiger partial charge is 0.396 e. The second-order valence-corrected chi connectivity index (χ2v) is 3.45. The third-order valence-electron chi connectivity index (χ3n) is 1.97. The van der Waals surface area contributed by atoms with Crippen molar-refractivity contribution >= 4 is 28.8 Å².